The Bertz CT molecular complexity index is 252. The van der Waals surface area contributed by atoms with Crippen molar-refractivity contribution in [2.24, 2.45) is 0 Å². The maximum atomic E-state index is 5.31. The summed E-state index contributed by atoms with van der Waals surface area (Å²) in [6.07, 6.45) is 2.83. The molecule has 0 amide bonds. The molecule has 0 aromatic carbocycles. The van der Waals surface area contributed by atoms with Gasteiger partial charge in [-0.1, -0.05) is 6.92 Å². The van der Waals surface area contributed by atoms with E-state index in [0.717, 1.165) is 23.4 Å². The number of hydrogen-bond donors (Lipinski definition) is 0. The smallest absolute Gasteiger partial charge is 0.128 e. The standard InChI is InChI=1S/C10H15NO/c1-5-9-8(3)11-6-7(2)10(9)12-4/h6H,5H2,1-4H3. The summed E-state index contributed by atoms with van der Waals surface area (Å²) in [4.78, 5) is 4.28. The Hall–Kier alpha value is -1.05. The lowest BCUT2D eigenvalue weighted by atomic mass is 10.1. The second kappa shape index (κ2) is 3.57. The molecule has 66 valence electrons. The monoisotopic (exact) mass is 165 g/mol. The molecule has 0 fully saturated rings. The third-order valence-electron chi connectivity index (χ3n) is 2.08. The van der Waals surface area contributed by atoms with Crippen molar-refractivity contribution in [1.29, 1.82) is 0 Å². The summed E-state index contributed by atoms with van der Waals surface area (Å²) in [6.45, 7) is 6.15. The van der Waals surface area contributed by atoms with E-state index in [1.54, 1.807) is 7.11 Å². The van der Waals surface area contributed by atoms with E-state index in [1.165, 1.54) is 5.56 Å². The molecule has 0 atom stereocenters. The maximum absolute atomic E-state index is 5.31. The van der Waals surface area contributed by atoms with E-state index in [0.29, 0.717) is 0 Å². The topological polar surface area (TPSA) is 22.1 Å². The van der Waals surface area contributed by atoms with E-state index < -0.39 is 0 Å². The number of ether oxygens (including phenoxy) is 1. The van der Waals surface area contributed by atoms with Crippen LogP contribution in [0.25, 0.3) is 0 Å². The maximum Gasteiger partial charge on any atom is 0.128 e. The van der Waals surface area contributed by atoms with Gasteiger partial charge in [0.05, 0.1) is 7.11 Å². The predicted octanol–water partition coefficient (Wildman–Crippen LogP) is 2.27. The summed E-state index contributed by atoms with van der Waals surface area (Å²) in [5.41, 5.74) is 3.40. The van der Waals surface area contributed by atoms with E-state index in [9.17, 15) is 0 Å². The van der Waals surface area contributed by atoms with Gasteiger partial charge in [0, 0.05) is 23.0 Å². The van der Waals surface area contributed by atoms with Crippen molar-refractivity contribution in [3.8, 4) is 5.75 Å². The van der Waals surface area contributed by atoms with Gasteiger partial charge < -0.3 is 4.74 Å². The second-order valence-electron chi connectivity index (χ2n) is 2.89. The molecule has 2 heteroatoms. The lowest BCUT2D eigenvalue weighted by Crippen LogP contribution is -1.98. The van der Waals surface area contributed by atoms with E-state index in [2.05, 4.69) is 11.9 Å². The molecule has 0 aliphatic rings. The number of aromatic nitrogens is 1. The summed E-state index contributed by atoms with van der Waals surface area (Å²) in [5, 5.41) is 0. The molecule has 0 saturated carbocycles. The van der Waals surface area contributed by atoms with Gasteiger partial charge in [0.1, 0.15) is 5.75 Å². The lowest BCUT2D eigenvalue weighted by molar-refractivity contribution is 0.405. The molecule has 1 heterocycles. The molecule has 2 nitrogen and oxygen atoms in total. The van der Waals surface area contributed by atoms with Crippen molar-refractivity contribution in [2.45, 2.75) is 27.2 Å². The average molecular weight is 165 g/mol. The van der Waals surface area contributed by atoms with Crippen molar-refractivity contribution in [2.75, 3.05) is 7.11 Å². The number of pyridine rings is 1. The van der Waals surface area contributed by atoms with Crippen molar-refractivity contribution in [3.63, 3.8) is 0 Å². The highest BCUT2D eigenvalue weighted by atomic mass is 16.5. The SMILES string of the molecule is CCc1c(C)ncc(C)c1OC. The van der Waals surface area contributed by atoms with E-state index in [1.807, 2.05) is 20.0 Å². The number of rotatable bonds is 2. The van der Waals surface area contributed by atoms with E-state index in [-0.39, 0.29) is 0 Å². The minimum absolute atomic E-state index is 0.976. The highest BCUT2D eigenvalue weighted by Gasteiger charge is 2.07. The molecule has 1 aromatic heterocycles. The first-order valence-electron chi connectivity index (χ1n) is 4.19. The Morgan fingerprint density at radius 1 is 1.42 bits per heavy atom. The quantitative estimate of drug-likeness (QED) is 0.670. The average Bonchev–Trinajstić information content (AvgIpc) is 2.08. The van der Waals surface area contributed by atoms with Crippen LogP contribution < -0.4 is 4.74 Å². The molecular weight excluding hydrogens is 150 g/mol. The van der Waals surface area contributed by atoms with Gasteiger partial charge in [-0.25, -0.2) is 0 Å². The van der Waals surface area contributed by atoms with Crippen LogP contribution >= 0.6 is 0 Å². The Balaban J connectivity index is 3.28. The van der Waals surface area contributed by atoms with Gasteiger partial charge in [0.15, 0.2) is 0 Å². The summed E-state index contributed by atoms with van der Waals surface area (Å²) in [6, 6.07) is 0. The van der Waals surface area contributed by atoms with Crippen LogP contribution in [-0.2, 0) is 6.42 Å². The van der Waals surface area contributed by atoms with Crippen molar-refractivity contribution >= 4 is 0 Å². The first kappa shape index (κ1) is 9.04. The molecule has 0 N–H and O–H groups in total. The van der Waals surface area contributed by atoms with Crippen LogP contribution in [0.2, 0.25) is 0 Å². The van der Waals surface area contributed by atoms with Crippen LogP contribution in [0.3, 0.4) is 0 Å². The number of hydrogen-bond acceptors (Lipinski definition) is 2. The van der Waals surface area contributed by atoms with Crippen LogP contribution in [0.15, 0.2) is 6.20 Å². The van der Waals surface area contributed by atoms with Gasteiger partial charge in [-0.15, -0.1) is 0 Å². The minimum atomic E-state index is 0.976. The second-order valence-corrected chi connectivity index (χ2v) is 2.89. The fraction of sp³-hybridized carbons (Fsp3) is 0.500. The fourth-order valence-electron chi connectivity index (χ4n) is 1.43. The third-order valence-corrected chi connectivity index (χ3v) is 2.08. The summed E-state index contributed by atoms with van der Waals surface area (Å²) < 4.78 is 5.31. The van der Waals surface area contributed by atoms with Gasteiger partial charge >= 0.3 is 0 Å². The molecule has 0 saturated heterocycles. The molecule has 0 aliphatic carbocycles. The molecule has 0 bridgehead atoms. The van der Waals surface area contributed by atoms with Crippen LogP contribution in [0.4, 0.5) is 0 Å². The summed E-state index contributed by atoms with van der Waals surface area (Å²) in [5.74, 6) is 0.991. The Morgan fingerprint density at radius 2 is 2.08 bits per heavy atom. The molecular formula is C10H15NO. The summed E-state index contributed by atoms with van der Waals surface area (Å²) in [7, 11) is 1.71. The number of aryl methyl sites for hydroxylation is 2. The molecule has 1 aromatic rings. The lowest BCUT2D eigenvalue weighted by Gasteiger charge is -2.11. The molecule has 0 aliphatic heterocycles. The zero-order valence-electron chi connectivity index (χ0n) is 8.14. The molecule has 0 radical (unpaired) electrons. The van der Waals surface area contributed by atoms with Crippen LogP contribution in [-0.4, -0.2) is 12.1 Å². The predicted molar refractivity (Wildman–Crippen MR) is 49.6 cm³/mol. The molecule has 0 spiro atoms. The van der Waals surface area contributed by atoms with Gasteiger partial charge in [0.25, 0.3) is 0 Å². The van der Waals surface area contributed by atoms with Crippen molar-refractivity contribution < 1.29 is 4.74 Å². The van der Waals surface area contributed by atoms with Crippen LogP contribution in [0.5, 0.6) is 5.75 Å². The van der Waals surface area contributed by atoms with Gasteiger partial charge in [0.2, 0.25) is 0 Å². The van der Waals surface area contributed by atoms with Crippen LogP contribution in [0.1, 0.15) is 23.7 Å². The normalized spacial score (nSPS) is 10.0. The zero-order chi connectivity index (χ0) is 9.14. The Labute approximate surface area is 73.6 Å². The number of methoxy groups -OCH3 is 1. The fourth-order valence-corrected chi connectivity index (χ4v) is 1.43. The van der Waals surface area contributed by atoms with Gasteiger partial charge in [-0.3, -0.25) is 4.98 Å². The molecule has 12 heavy (non-hydrogen) atoms. The minimum Gasteiger partial charge on any atom is -0.496 e. The summed E-state index contributed by atoms with van der Waals surface area (Å²) >= 11 is 0. The number of nitrogens with zero attached hydrogens (tertiary/aromatic N) is 1. The van der Waals surface area contributed by atoms with E-state index in [4.69, 9.17) is 4.74 Å². The Morgan fingerprint density at radius 3 is 2.50 bits per heavy atom. The highest BCUT2D eigenvalue weighted by Crippen LogP contribution is 2.24. The van der Waals surface area contributed by atoms with Gasteiger partial charge in [-0.2, -0.15) is 0 Å². The highest BCUT2D eigenvalue weighted by molar-refractivity contribution is 5.41. The first-order valence-corrected chi connectivity index (χ1v) is 4.19. The van der Waals surface area contributed by atoms with Gasteiger partial charge in [-0.05, 0) is 20.3 Å². The molecule has 1 rings (SSSR count). The largest absolute Gasteiger partial charge is 0.496 e. The van der Waals surface area contributed by atoms with Crippen LogP contribution in [0, 0.1) is 13.8 Å². The third kappa shape index (κ3) is 1.42. The Kier molecular flexibility index (Phi) is 2.69. The van der Waals surface area contributed by atoms with Crippen molar-refractivity contribution in [1.82, 2.24) is 4.98 Å². The van der Waals surface area contributed by atoms with E-state index >= 15 is 0 Å². The van der Waals surface area contributed by atoms with Crippen molar-refractivity contribution in [3.05, 3.63) is 23.0 Å². The zero-order valence-corrected chi connectivity index (χ0v) is 8.14. The first-order chi connectivity index (χ1) is 5.70. The molecule has 0 unspecified atom stereocenters.